The number of nitrogens with zero attached hydrogens (tertiary/aromatic N) is 1. The van der Waals surface area contributed by atoms with E-state index in [1.807, 2.05) is 0 Å². The molecule has 0 unspecified atom stereocenters. The molecule has 0 aliphatic heterocycles. The van der Waals surface area contributed by atoms with Crippen molar-refractivity contribution in [1.82, 2.24) is 0 Å². The van der Waals surface area contributed by atoms with Crippen molar-refractivity contribution in [1.29, 1.82) is 5.26 Å². The summed E-state index contributed by atoms with van der Waals surface area (Å²) >= 11 is 3.81. The van der Waals surface area contributed by atoms with Crippen LogP contribution in [0.5, 0.6) is 0 Å². The zero-order valence-electron chi connectivity index (χ0n) is 1.66. The van der Waals surface area contributed by atoms with Crippen molar-refractivity contribution in [3.05, 3.63) is 0 Å². The molecule has 2 radical (unpaired) electrons. The van der Waals surface area contributed by atoms with Gasteiger partial charge in [-0.1, -0.05) is 0 Å². The molecule has 0 aromatic rings. The molecular formula is CCuNS. The Balaban J connectivity index is 0. The molecule has 0 spiro atoms. The third-order valence-electron chi connectivity index (χ3n) is 0. The zero-order chi connectivity index (χ0) is 2.71. The fourth-order valence-electron chi connectivity index (χ4n) is 0. The van der Waals surface area contributed by atoms with Gasteiger partial charge in [0, 0.05) is 13.5 Å². The third kappa shape index (κ3) is 33.7. The maximum atomic E-state index is 7.12. The predicted molar refractivity (Wildman–Crippen MR) is 13.2 cm³/mol. The van der Waals surface area contributed by atoms with Crippen LogP contribution < -0.4 is 0 Å². The number of hydrogen-bond donors (Lipinski definition) is 0. The quantitative estimate of drug-likeness (QED) is 0.432. The second-order valence-electron chi connectivity index (χ2n) is 0.0674. The molecule has 0 aromatic carbocycles. The van der Waals surface area contributed by atoms with Crippen molar-refractivity contribution in [2.24, 2.45) is 0 Å². The largest absolute Gasteiger partial charge is 0 e. The van der Waals surface area contributed by atoms with Crippen molar-refractivity contribution in [2.75, 3.05) is 0 Å². The summed E-state index contributed by atoms with van der Waals surface area (Å²) < 4.78 is 0. The van der Waals surface area contributed by atoms with Gasteiger partial charge in [0.25, 0.3) is 0 Å². The van der Waals surface area contributed by atoms with Gasteiger partial charge in [-0.05, 0) is 0 Å². The Morgan fingerprint density at radius 2 is 1.75 bits per heavy atom. The molecule has 0 bridgehead atoms. The number of nitriles is 1. The van der Waals surface area contributed by atoms with Crippen LogP contribution in [0.1, 0.15) is 0 Å². The molecule has 0 rings (SSSR count). The summed E-state index contributed by atoms with van der Waals surface area (Å²) in [6.07, 6.45) is 0. The van der Waals surface area contributed by atoms with Crippen LogP contribution in [0.15, 0.2) is 0 Å². The van der Waals surface area contributed by atoms with E-state index in [0.29, 0.717) is 0 Å². The Morgan fingerprint density at radius 1 is 1.75 bits per heavy atom. The second-order valence-corrected chi connectivity index (χ2v) is 0.278. The Kier molecular flexibility index (Phi) is 22.4. The second kappa shape index (κ2) is 10.1. The van der Waals surface area contributed by atoms with Gasteiger partial charge in [-0.25, -0.2) is 0 Å². The minimum absolute atomic E-state index is 0. The van der Waals surface area contributed by atoms with Gasteiger partial charge >= 0.3 is 26.2 Å². The summed E-state index contributed by atoms with van der Waals surface area (Å²) in [5, 5.41) is 7.12. The molecule has 0 N–H and O–H groups in total. The van der Waals surface area contributed by atoms with Gasteiger partial charge in [0.1, 0.15) is 0 Å². The molecule has 0 aliphatic rings. The van der Waals surface area contributed by atoms with Crippen molar-refractivity contribution >= 4 is 13.5 Å². The van der Waals surface area contributed by atoms with Gasteiger partial charge in [-0.2, -0.15) is 0 Å². The molecule has 1 nitrogen and oxygen atoms in total. The predicted octanol–water partition coefficient (Wildman–Crippen LogP) is 0.662. The molecule has 0 amide bonds. The first-order valence-electron chi connectivity index (χ1n) is 0.374. The molecule has 0 aliphatic carbocycles. The van der Waals surface area contributed by atoms with E-state index < -0.39 is 0 Å². The molecule has 0 fully saturated rings. The summed E-state index contributed by atoms with van der Waals surface area (Å²) in [7, 11) is 0. The minimum atomic E-state index is 0. The van der Waals surface area contributed by atoms with Crippen LogP contribution in [-0.4, -0.2) is 0 Å². The zero-order valence-corrected chi connectivity index (χ0v) is 3.42. The normalized spacial score (nSPS) is 2.25. The minimum Gasteiger partial charge on any atom is 0 e. The fourth-order valence-corrected chi connectivity index (χ4v) is 0. The first-order chi connectivity index (χ1) is 1.41. The summed E-state index contributed by atoms with van der Waals surface area (Å²) in [6, 6.07) is 0. The third-order valence-corrected chi connectivity index (χ3v) is 0. The SMILES string of the molecule is N#[C][Cu].[S]. The van der Waals surface area contributed by atoms with Gasteiger partial charge in [0.2, 0.25) is 0 Å². The van der Waals surface area contributed by atoms with Gasteiger partial charge in [-0.15, -0.1) is 0 Å². The Bertz CT molecular complexity index is 29.5. The molecule has 4 heavy (non-hydrogen) atoms. The molecule has 0 saturated carbocycles. The van der Waals surface area contributed by atoms with Crippen molar-refractivity contribution in [3.8, 4) is 4.97 Å². The van der Waals surface area contributed by atoms with Gasteiger partial charge in [-0.3, -0.25) is 0 Å². The molecule has 26 valence electrons. The average Bonchev–Trinajstić information content (AvgIpc) is 0.918. The summed E-state index contributed by atoms with van der Waals surface area (Å²) in [5.41, 5.74) is 0. The van der Waals surface area contributed by atoms with E-state index in [9.17, 15) is 0 Å². The smallest absolute Gasteiger partial charge is 0 e. The van der Waals surface area contributed by atoms with Gasteiger partial charge in [0.15, 0.2) is 0 Å². The number of rotatable bonds is 0. The molecule has 0 saturated heterocycles. The van der Waals surface area contributed by atoms with Crippen LogP contribution in [-0.2, 0) is 16.0 Å². The van der Waals surface area contributed by atoms with Crippen LogP contribution >= 0.6 is 13.5 Å². The first-order valence-corrected chi connectivity index (χ1v) is 0.845. The van der Waals surface area contributed by atoms with E-state index in [4.69, 9.17) is 5.26 Å². The summed E-state index contributed by atoms with van der Waals surface area (Å²) in [6.45, 7) is 0. The van der Waals surface area contributed by atoms with Crippen molar-refractivity contribution in [2.45, 2.75) is 0 Å². The summed E-state index contributed by atoms with van der Waals surface area (Å²) in [5.74, 6) is 0. The van der Waals surface area contributed by atoms with Gasteiger partial charge in [0.05, 0.1) is 0 Å². The van der Waals surface area contributed by atoms with Crippen LogP contribution in [0.3, 0.4) is 0 Å². The topological polar surface area (TPSA) is 23.8 Å². The maximum Gasteiger partial charge on any atom is 0 e. The van der Waals surface area contributed by atoms with Crippen LogP contribution in [0.25, 0.3) is 0 Å². The number of hydrogen-bond acceptors (Lipinski definition) is 1. The molecule has 0 atom stereocenters. The Hall–Kier alpha value is 0.359. The monoisotopic (exact) mass is 121 g/mol. The fraction of sp³-hybridized carbons (Fsp3) is 0. The van der Waals surface area contributed by atoms with E-state index in [0.717, 1.165) is 0 Å². The molecule has 3 heteroatoms. The maximum absolute atomic E-state index is 7.12. The Labute approximate surface area is 40.3 Å². The van der Waals surface area contributed by atoms with Crippen LogP contribution in [0.4, 0.5) is 0 Å². The van der Waals surface area contributed by atoms with E-state index >= 15 is 0 Å². The summed E-state index contributed by atoms with van der Waals surface area (Å²) in [4.78, 5) is 1.31. The van der Waals surface area contributed by atoms with Crippen LogP contribution in [0, 0.1) is 10.2 Å². The van der Waals surface area contributed by atoms with E-state index in [1.165, 1.54) is 4.97 Å². The molecule has 0 heterocycles. The van der Waals surface area contributed by atoms with Crippen LogP contribution in [0.2, 0.25) is 0 Å². The Morgan fingerprint density at radius 3 is 1.75 bits per heavy atom. The average molecular weight is 122 g/mol. The molecule has 0 aromatic heterocycles. The van der Waals surface area contributed by atoms with E-state index in [1.54, 1.807) is 0 Å². The van der Waals surface area contributed by atoms with E-state index in [-0.39, 0.29) is 13.5 Å². The molecular weight excluding hydrogens is 122 g/mol. The van der Waals surface area contributed by atoms with Crippen molar-refractivity contribution < 1.29 is 16.0 Å². The van der Waals surface area contributed by atoms with E-state index in [2.05, 4.69) is 16.0 Å². The first kappa shape index (κ1) is 8.84. The van der Waals surface area contributed by atoms with Gasteiger partial charge < -0.3 is 0 Å². The van der Waals surface area contributed by atoms with Crippen molar-refractivity contribution in [3.63, 3.8) is 0 Å². The standard InChI is InChI=1S/CN.Cu.S/c1-2;;.